The Morgan fingerprint density at radius 2 is 1.97 bits per heavy atom. The van der Waals surface area contributed by atoms with Gasteiger partial charge >= 0.3 is 5.97 Å². The summed E-state index contributed by atoms with van der Waals surface area (Å²) in [7, 11) is 0. The summed E-state index contributed by atoms with van der Waals surface area (Å²) in [5, 5.41) is 13.2. The van der Waals surface area contributed by atoms with Crippen LogP contribution < -0.4 is 10.9 Å². The van der Waals surface area contributed by atoms with Crippen LogP contribution in [0.4, 0.5) is 5.69 Å². The number of benzene rings is 2. The molecule has 32 heavy (non-hydrogen) atoms. The molecule has 162 valence electrons. The first-order valence-corrected chi connectivity index (χ1v) is 9.63. The third kappa shape index (κ3) is 4.08. The summed E-state index contributed by atoms with van der Waals surface area (Å²) in [4.78, 5) is 63.4. The van der Waals surface area contributed by atoms with Crippen LogP contribution in [0.1, 0.15) is 33.0 Å². The Labute approximate surface area is 179 Å². The van der Waals surface area contributed by atoms with E-state index in [2.05, 4.69) is 4.98 Å². The van der Waals surface area contributed by atoms with Crippen molar-refractivity contribution in [2.45, 2.75) is 19.4 Å². The van der Waals surface area contributed by atoms with Crippen LogP contribution >= 0.6 is 0 Å². The SMILES string of the molecule is O=C(COC(=O)c1ccc2c(=O)n3c(nc2c1)CCC3)NC(=O)c1cccc([N+](=O)[O-])c1. The molecule has 0 aliphatic carbocycles. The first kappa shape index (κ1) is 20.8. The Kier molecular flexibility index (Phi) is 5.46. The molecule has 0 spiro atoms. The van der Waals surface area contributed by atoms with Crippen molar-refractivity contribution in [1.82, 2.24) is 14.9 Å². The van der Waals surface area contributed by atoms with Gasteiger partial charge < -0.3 is 4.74 Å². The van der Waals surface area contributed by atoms with Crippen LogP contribution in [0.5, 0.6) is 0 Å². The number of carbonyl (C=O) groups excluding carboxylic acids is 3. The molecule has 0 unspecified atom stereocenters. The van der Waals surface area contributed by atoms with Crippen LogP contribution in [0.25, 0.3) is 10.9 Å². The number of carbonyl (C=O) groups is 3. The van der Waals surface area contributed by atoms with Crippen molar-refractivity contribution >= 4 is 34.4 Å². The van der Waals surface area contributed by atoms with Crippen molar-refractivity contribution in [2.24, 2.45) is 0 Å². The monoisotopic (exact) mass is 436 g/mol. The molecule has 1 aromatic heterocycles. The van der Waals surface area contributed by atoms with Gasteiger partial charge in [0.15, 0.2) is 6.61 Å². The number of nitro benzene ring substituents is 1. The van der Waals surface area contributed by atoms with Crippen LogP contribution in [0.3, 0.4) is 0 Å². The highest BCUT2D eigenvalue weighted by Gasteiger charge is 2.19. The van der Waals surface area contributed by atoms with Gasteiger partial charge in [0, 0.05) is 30.7 Å². The number of amides is 2. The van der Waals surface area contributed by atoms with E-state index in [4.69, 9.17) is 4.74 Å². The minimum Gasteiger partial charge on any atom is -0.452 e. The van der Waals surface area contributed by atoms with E-state index >= 15 is 0 Å². The molecule has 11 heteroatoms. The molecule has 2 heterocycles. The molecule has 0 fully saturated rings. The van der Waals surface area contributed by atoms with E-state index in [1.165, 1.54) is 36.4 Å². The number of aromatic nitrogens is 2. The largest absolute Gasteiger partial charge is 0.452 e. The second kappa shape index (κ2) is 8.38. The minimum atomic E-state index is -0.898. The van der Waals surface area contributed by atoms with Crippen LogP contribution in [-0.2, 0) is 22.5 Å². The number of nitrogens with zero attached hydrogens (tertiary/aromatic N) is 3. The smallest absolute Gasteiger partial charge is 0.338 e. The lowest BCUT2D eigenvalue weighted by molar-refractivity contribution is -0.384. The summed E-state index contributed by atoms with van der Waals surface area (Å²) >= 11 is 0. The van der Waals surface area contributed by atoms with E-state index in [0.717, 1.165) is 12.5 Å². The van der Waals surface area contributed by atoms with E-state index in [-0.39, 0.29) is 22.4 Å². The summed E-state index contributed by atoms with van der Waals surface area (Å²) in [5.41, 5.74) is -0.0838. The first-order chi connectivity index (χ1) is 15.3. The van der Waals surface area contributed by atoms with Crippen molar-refractivity contribution in [3.8, 4) is 0 Å². The highest BCUT2D eigenvalue weighted by molar-refractivity contribution is 6.06. The van der Waals surface area contributed by atoms with Gasteiger partial charge in [-0.3, -0.25) is 34.4 Å². The van der Waals surface area contributed by atoms with E-state index < -0.39 is 29.3 Å². The third-order valence-corrected chi connectivity index (χ3v) is 4.96. The Balaban J connectivity index is 1.40. The minimum absolute atomic E-state index is 0.0849. The quantitative estimate of drug-likeness (QED) is 0.358. The average Bonchev–Trinajstić information content (AvgIpc) is 3.26. The van der Waals surface area contributed by atoms with Crippen molar-refractivity contribution in [1.29, 1.82) is 0 Å². The molecule has 3 aromatic rings. The number of ether oxygens (including phenoxy) is 1. The van der Waals surface area contributed by atoms with Gasteiger partial charge in [0.25, 0.3) is 23.1 Å². The highest BCUT2D eigenvalue weighted by atomic mass is 16.6. The number of aryl methyl sites for hydroxylation is 1. The lowest BCUT2D eigenvalue weighted by Gasteiger charge is -2.08. The van der Waals surface area contributed by atoms with E-state index in [9.17, 15) is 29.3 Å². The summed E-state index contributed by atoms with van der Waals surface area (Å²) in [6.45, 7) is -0.122. The topological polar surface area (TPSA) is 151 Å². The highest BCUT2D eigenvalue weighted by Crippen LogP contribution is 2.17. The zero-order valence-electron chi connectivity index (χ0n) is 16.6. The van der Waals surface area contributed by atoms with E-state index in [1.54, 1.807) is 4.57 Å². The molecule has 2 amide bonds. The maximum absolute atomic E-state index is 12.5. The van der Waals surface area contributed by atoms with Crippen LogP contribution in [0, 0.1) is 10.1 Å². The van der Waals surface area contributed by atoms with Gasteiger partial charge in [-0.2, -0.15) is 0 Å². The summed E-state index contributed by atoms with van der Waals surface area (Å²) in [6, 6.07) is 9.16. The normalized spacial score (nSPS) is 12.2. The predicted octanol–water partition coefficient (Wildman–Crippen LogP) is 1.36. The molecule has 0 radical (unpaired) electrons. The molecule has 4 rings (SSSR count). The lowest BCUT2D eigenvalue weighted by Crippen LogP contribution is -2.34. The number of nitro groups is 1. The van der Waals surface area contributed by atoms with Gasteiger partial charge in [-0.05, 0) is 30.7 Å². The summed E-state index contributed by atoms with van der Waals surface area (Å²) in [5.74, 6) is -1.93. The zero-order chi connectivity index (χ0) is 22.8. The first-order valence-electron chi connectivity index (χ1n) is 9.63. The van der Waals surface area contributed by atoms with Gasteiger partial charge in [0.2, 0.25) is 0 Å². The third-order valence-electron chi connectivity index (χ3n) is 4.96. The summed E-state index contributed by atoms with van der Waals surface area (Å²) in [6.07, 6.45) is 1.51. The molecule has 0 bridgehead atoms. The fourth-order valence-corrected chi connectivity index (χ4v) is 3.42. The number of nitrogens with one attached hydrogen (secondary N) is 1. The van der Waals surface area contributed by atoms with Crippen LogP contribution in [0.15, 0.2) is 47.3 Å². The van der Waals surface area contributed by atoms with Crippen molar-refractivity contribution in [3.05, 3.63) is 79.9 Å². The molecule has 1 N–H and O–H groups in total. The van der Waals surface area contributed by atoms with Gasteiger partial charge in [0.05, 0.1) is 21.4 Å². The lowest BCUT2D eigenvalue weighted by atomic mass is 10.1. The standard InChI is InChI=1S/C21H16N4O7/c26-18(23-19(27)12-3-1-4-14(9-12)25(30)31)11-32-21(29)13-6-7-15-16(10-13)22-17-5-2-8-24(17)20(15)28/h1,3-4,6-7,9-10H,2,5,8,11H2,(H,23,26,27). The van der Waals surface area contributed by atoms with E-state index in [0.29, 0.717) is 29.7 Å². The van der Waals surface area contributed by atoms with Crippen molar-refractivity contribution in [2.75, 3.05) is 6.61 Å². The number of esters is 1. The Morgan fingerprint density at radius 1 is 1.16 bits per heavy atom. The maximum Gasteiger partial charge on any atom is 0.338 e. The Hall–Kier alpha value is -4.41. The van der Waals surface area contributed by atoms with Gasteiger partial charge in [-0.1, -0.05) is 6.07 Å². The van der Waals surface area contributed by atoms with Crippen molar-refractivity contribution in [3.63, 3.8) is 0 Å². The molecular formula is C21H16N4O7. The fourth-order valence-electron chi connectivity index (χ4n) is 3.42. The molecule has 0 saturated carbocycles. The number of rotatable bonds is 5. The molecular weight excluding hydrogens is 420 g/mol. The van der Waals surface area contributed by atoms with Gasteiger partial charge in [-0.25, -0.2) is 9.78 Å². The molecule has 11 nitrogen and oxygen atoms in total. The van der Waals surface area contributed by atoms with Crippen molar-refractivity contribution < 1.29 is 24.0 Å². The van der Waals surface area contributed by atoms with Crippen LogP contribution in [0.2, 0.25) is 0 Å². The number of non-ortho nitro benzene ring substituents is 1. The number of fused-ring (bicyclic) bond motifs is 2. The number of imide groups is 1. The second-order valence-corrected chi connectivity index (χ2v) is 7.08. The average molecular weight is 436 g/mol. The number of hydrogen-bond acceptors (Lipinski definition) is 8. The Morgan fingerprint density at radius 3 is 2.75 bits per heavy atom. The van der Waals surface area contributed by atoms with Gasteiger partial charge in [0.1, 0.15) is 5.82 Å². The number of hydrogen-bond donors (Lipinski definition) is 1. The van der Waals surface area contributed by atoms with E-state index in [1.807, 2.05) is 5.32 Å². The molecule has 2 aromatic carbocycles. The fraction of sp³-hybridized carbons (Fsp3) is 0.190. The molecule has 1 aliphatic rings. The Bertz CT molecular complexity index is 1350. The molecule has 1 aliphatic heterocycles. The maximum atomic E-state index is 12.5. The van der Waals surface area contributed by atoms with Crippen LogP contribution in [-0.4, -0.2) is 38.9 Å². The van der Waals surface area contributed by atoms with Gasteiger partial charge in [-0.15, -0.1) is 0 Å². The second-order valence-electron chi connectivity index (χ2n) is 7.08. The predicted molar refractivity (Wildman–Crippen MR) is 110 cm³/mol. The molecule has 0 saturated heterocycles. The summed E-state index contributed by atoms with van der Waals surface area (Å²) < 4.78 is 6.55. The molecule has 0 atom stereocenters. The zero-order valence-corrected chi connectivity index (χ0v) is 16.6.